The van der Waals surface area contributed by atoms with Crippen LogP contribution in [0.4, 0.5) is 22.0 Å². The number of rotatable bonds is 15. The van der Waals surface area contributed by atoms with Crippen LogP contribution in [0.5, 0.6) is 5.75 Å². The van der Waals surface area contributed by atoms with Crippen molar-refractivity contribution in [3.63, 3.8) is 0 Å². The Kier molecular flexibility index (Phi) is 11.3. The van der Waals surface area contributed by atoms with Crippen molar-refractivity contribution in [3.05, 3.63) is 83.2 Å². The number of nitrogens with one attached hydrogen (secondary N) is 2. The summed E-state index contributed by atoms with van der Waals surface area (Å²) >= 11 is 0. The molecule has 0 aliphatic heterocycles. The van der Waals surface area contributed by atoms with Gasteiger partial charge < -0.3 is 26.1 Å². The predicted octanol–water partition coefficient (Wildman–Crippen LogP) is 2.28. The monoisotopic (exact) mass is 611 g/mol. The minimum absolute atomic E-state index is 0.0218. The molecule has 0 aliphatic rings. The molecule has 43 heavy (non-hydrogen) atoms. The molecule has 0 fully saturated rings. The van der Waals surface area contributed by atoms with E-state index in [4.69, 9.17) is 11.6 Å². The van der Waals surface area contributed by atoms with Crippen molar-refractivity contribution in [2.45, 2.75) is 51.7 Å². The van der Waals surface area contributed by atoms with Gasteiger partial charge in [-0.1, -0.05) is 12.1 Å². The molecule has 1 aromatic carbocycles. The molecule has 0 bridgehead atoms. The summed E-state index contributed by atoms with van der Waals surface area (Å²) in [4.78, 5) is 28.3. The second-order valence-corrected chi connectivity index (χ2v) is 9.18. The average Bonchev–Trinajstić information content (AvgIpc) is 3.44. The zero-order chi connectivity index (χ0) is 31.6. The third-order valence-electron chi connectivity index (χ3n) is 5.81. The number of ether oxygens (including phenoxy) is 1. The zero-order valence-corrected chi connectivity index (χ0v) is 22.9. The van der Waals surface area contributed by atoms with Crippen LogP contribution in [-0.2, 0) is 24.4 Å². The van der Waals surface area contributed by atoms with E-state index in [1.165, 1.54) is 31.5 Å². The molecule has 2 aromatic heterocycles. The van der Waals surface area contributed by atoms with E-state index in [2.05, 4.69) is 30.7 Å². The number of amides is 2. The lowest BCUT2D eigenvalue weighted by molar-refractivity contribution is -0.177. The molecule has 232 valence electrons. The van der Waals surface area contributed by atoms with Crippen LogP contribution in [0.25, 0.3) is 0 Å². The molecular formula is C26H30F5N9O3. The Balaban J connectivity index is 1.44. The molecule has 1 atom stereocenters. The maximum absolute atomic E-state index is 14.5. The van der Waals surface area contributed by atoms with E-state index in [-0.39, 0.29) is 61.0 Å². The van der Waals surface area contributed by atoms with Crippen LogP contribution in [0, 0.1) is 11.6 Å². The number of aromatic nitrogens is 4. The molecule has 0 saturated carbocycles. The van der Waals surface area contributed by atoms with Crippen LogP contribution in [-0.4, -0.2) is 55.6 Å². The number of benzene rings is 1. The van der Waals surface area contributed by atoms with Gasteiger partial charge in [0.1, 0.15) is 29.3 Å². The van der Waals surface area contributed by atoms with Gasteiger partial charge in [-0.3, -0.25) is 14.6 Å². The summed E-state index contributed by atoms with van der Waals surface area (Å²) in [6.45, 7) is 0.326. The molecule has 3 aromatic rings. The maximum Gasteiger partial charge on any atom is 0.397 e. The Morgan fingerprint density at radius 3 is 2.67 bits per heavy atom. The fraction of sp³-hybridized carbons (Fsp3) is 0.346. The third-order valence-corrected chi connectivity index (χ3v) is 5.81. The molecule has 6 N–H and O–H groups in total. The van der Waals surface area contributed by atoms with E-state index in [0.717, 1.165) is 34.1 Å². The number of hydrazine groups is 1. The van der Waals surface area contributed by atoms with E-state index in [9.17, 15) is 31.5 Å². The van der Waals surface area contributed by atoms with Crippen molar-refractivity contribution in [1.82, 2.24) is 35.6 Å². The molecule has 0 spiro atoms. The summed E-state index contributed by atoms with van der Waals surface area (Å²) in [5, 5.41) is 13.1. The van der Waals surface area contributed by atoms with Crippen molar-refractivity contribution in [2.75, 3.05) is 6.54 Å². The van der Waals surface area contributed by atoms with Gasteiger partial charge in [-0.05, 0) is 36.8 Å². The van der Waals surface area contributed by atoms with Crippen molar-refractivity contribution in [2.24, 2.45) is 11.6 Å². The summed E-state index contributed by atoms with van der Waals surface area (Å²) < 4.78 is 74.8. The van der Waals surface area contributed by atoms with Gasteiger partial charge >= 0.3 is 6.11 Å². The molecule has 0 aliphatic carbocycles. The van der Waals surface area contributed by atoms with Crippen LogP contribution in [0.3, 0.4) is 0 Å². The number of hydrogen-bond donors (Lipinski definition) is 4. The number of pyridine rings is 1. The van der Waals surface area contributed by atoms with Crippen molar-refractivity contribution < 1.29 is 36.3 Å². The van der Waals surface area contributed by atoms with Crippen molar-refractivity contribution in [1.29, 1.82) is 0 Å². The summed E-state index contributed by atoms with van der Waals surface area (Å²) in [5.74, 6) is 2.67. The zero-order valence-electron chi connectivity index (χ0n) is 22.9. The number of nitrogens with two attached hydrogens (primary N) is 2. The first-order valence-electron chi connectivity index (χ1n) is 12.9. The summed E-state index contributed by atoms with van der Waals surface area (Å²) in [6.07, 6.45) is -1.98. The number of hydrogen-bond acceptors (Lipinski definition) is 9. The van der Waals surface area contributed by atoms with Gasteiger partial charge in [0.25, 0.3) is 11.8 Å². The normalized spacial score (nSPS) is 12.5. The highest BCUT2D eigenvalue weighted by atomic mass is 19.3. The Hall–Kier alpha value is -4.80. The standard InChI is InChI=1S/C26H30F5N9O3/c1-2-26(30,31)43-18-5-6-19(28)16(10-18)11-35-25(42)23-15-40(38-37-23)13-17(27)7-9-39(33)14-21(32)24(41)36-12-22-20(29)4-3-8-34-22/h3-6,8,10,14-15,17H,2,7,9,11-13,32-33H2,1H3,(H,35,42)(H,36,41)/b21-14-. The highest BCUT2D eigenvalue weighted by molar-refractivity contribution is 5.92. The molecule has 2 amide bonds. The van der Waals surface area contributed by atoms with Crippen molar-refractivity contribution >= 4 is 11.8 Å². The molecule has 0 radical (unpaired) electrons. The molecule has 17 heteroatoms. The van der Waals surface area contributed by atoms with Crippen LogP contribution < -0.4 is 26.9 Å². The molecule has 0 saturated heterocycles. The number of halogens is 5. The van der Waals surface area contributed by atoms with Crippen LogP contribution in [0.15, 0.2) is 54.6 Å². The van der Waals surface area contributed by atoms with Gasteiger partial charge in [0, 0.05) is 37.5 Å². The van der Waals surface area contributed by atoms with Crippen molar-refractivity contribution in [3.8, 4) is 5.75 Å². The van der Waals surface area contributed by atoms with Crippen LogP contribution in [0.2, 0.25) is 0 Å². The summed E-state index contributed by atoms with van der Waals surface area (Å²) in [5.41, 5.74) is 5.13. The van der Waals surface area contributed by atoms with Gasteiger partial charge in [-0.2, -0.15) is 8.78 Å². The molecule has 1 unspecified atom stereocenters. The van der Waals surface area contributed by atoms with E-state index < -0.39 is 42.1 Å². The summed E-state index contributed by atoms with van der Waals surface area (Å²) in [7, 11) is 0. The molecular weight excluding hydrogens is 581 g/mol. The molecule has 3 rings (SSSR count). The predicted molar refractivity (Wildman–Crippen MR) is 142 cm³/mol. The fourth-order valence-electron chi connectivity index (χ4n) is 3.45. The quantitative estimate of drug-likeness (QED) is 0.0873. The lowest BCUT2D eigenvalue weighted by Crippen LogP contribution is -2.34. The first kappa shape index (κ1) is 32.7. The fourth-order valence-corrected chi connectivity index (χ4v) is 3.45. The van der Waals surface area contributed by atoms with Crippen LogP contribution >= 0.6 is 0 Å². The van der Waals surface area contributed by atoms with E-state index >= 15 is 0 Å². The number of alkyl halides is 3. The lowest BCUT2D eigenvalue weighted by Gasteiger charge is -2.17. The Morgan fingerprint density at radius 2 is 1.95 bits per heavy atom. The lowest BCUT2D eigenvalue weighted by atomic mass is 10.2. The second kappa shape index (κ2) is 14.9. The van der Waals surface area contributed by atoms with Gasteiger partial charge in [-0.15, -0.1) is 5.10 Å². The van der Waals surface area contributed by atoms with E-state index in [0.29, 0.717) is 0 Å². The number of nitrogens with zero attached hydrogens (tertiary/aromatic N) is 5. The largest absolute Gasteiger partial charge is 0.433 e. The molecule has 12 nitrogen and oxygen atoms in total. The highest BCUT2D eigenvalue weighted by Crippen LogP contribution is 2.26. The van der Waals surface area contributed by atoms with Gasteiger partial charge in [0.15, 0.2) is 5.69 Å². The van der Waals surface area contributed by atoms with Crippen LogP contribution in [0.1, 0.15) is 41.5 Å². The average molecular weight is 612 g/mol. The minimum Gasteiger partial charge on any atom is -0.433 e. The minimum atomic E-state index is -3.43. The Bertz CT molecular complexity index is 1440. The smallest absolute Gasteiger partial charge is 0.397 e. The first-order valence-corrected chi connectivity index (χ1v) is 12.9. The highest BCUT2D eigenvalue weighted by Gasteiger charge is 2.29. The number of carbonyl (C=O) groups is 2. The number of carbonyl (C=O) groups excluding carboxylic acids is 2. The summed E-state index contributed by atoms with van der Waals surface area (Å²) in [6, 6.07) is 5.63. The molecule has 2 heterocycles. The second-order valence-electron chi connectivity index (χ2n) is 9.18. The van der Waals surface area contributed by atoms with E-state index in [1.54, 1.807) is 0 Å². The van der Waals surface area contributed by atoms with Gasteiger partial charge in [0.05, 0.1) is 25.0 Å². The topological polar surface area (TPSA) is 166 Å². The van der Waals surface area contributed by atoms with Gasteiger partial charge in [-0.25, -0.2) is 23.7 Å². The maximum atomic E-state index is 14.5. The Labute approximate surface area is 242 Å². The van der Waals surface area contributed by atoms with E-state index in [1.807, 2.05) is 0 Å². The third kappa shape index (κ3) is 10.2. The first-order chi connectivity index (χ1) is 20.4. The SMILES string of the molecule is CCC(F)(F)Oc1ccc(F)c(CNC(=O)c2cn(CC(F)CCN(N)/C=C(\N)C(=O)NCc3ncccc3F)nn2)c1. The Morgan fingerprint density at radius 1 is 1.19 bits per heavy atom. The van der Waals surface area contributed by atoms with Gasteiger partial charge in [0.2, 0.25) is 0 Å².